The van der Waals surface area contributed by atoms with E-state index in [0.29, 0.717) is 12.4 Å². The van der Waals surface area contributed by atoms with Crippen LogP contribution in [-0.2, 0) is 62.1 Å². The van der Waals surface area contributed by atoms with Crippen LogP contribution >= 0.6 is 0 Å². The SMILES string of the molecule is CCCCCCCCCCCOc1cccc(C(=O)NC2[C@H](O[C@H]3C(O)C(NC(C)=O)[C@H](O[C@@H]4C(CO)O[C@@H](O[C@H]5C(O)C(NC(C)=O)[C@H](O)O[C@H]5COS(=O)(=O)[O-])C(NC(C)=O)[C@H]4O)O[C@H]3CO)OC(CO)[C@@H](O)[C@@H]2O)c1.[Na+]. The molecule has 8 unspecified atom stereocenters. The molecule has 4 aliphatic rings. The maximum atomic E-state index is 13.8. The van der Waals surface area contributed by atoms with Gasteiger partial charge in [-0.15, -0.1) is 0 Å². The number of carbonyl (C=O) groups excluding carboxylic acids is 4. The van der Waals surface area contributed by atoms with E-state index in [1.165, 1.54) is 44.2 Å². The van der Waals surface area contributed by atoms with E-state index in [2.05, 4.69) is 32.4 Å². The molecule has 1 aromatic carbocycles. The van der Waals surface area contributed by atoms with Crippen molar-refractivity contribution >= 4 is 34.0 Å². The van der Waals surface area contributed by atoms with Crippen LogP contribution in [0, 0.1) is 0 Å². The number of hydrogen-bond acceptors (Lipinski definition) is 25. The first-order valence-electron chi connectivity index (χ1n) is 26.0. The van der Waals surface area contributed by atoms with E-state index in [9.17, 15) is 78.1 Å². The zero-order valence-electron chi connectivity index (χ0n) is 44.7. The monoisotopic (exact) mass is 1160 g/mol. The van der Waals surface area contributed by atoms with Crippen molar-refractivity contribution < 1.29 is 150 Å². The molecule has 20 atom stereocenters. The number of unbranched alkanes of at least 4 members (excludes halogenated alkanes) is 8. The van der Waals surface area contributed by atoms with Gasteiger partial charge in [-0.1, -0.05) is 64.4 Å². The second kappa shape index (κ2) is 32.8. The van der Waals surface area contributed by atoms with E-state index in [4.69, 9.17) is 37.9 Å². The second-order valence-corrected chi connectivity index (χ2v) is 20.6. The Balaban J connectivity index is 0.0000134. The Kier molecular flexibility index (Phi) is 28.5. The molecule has 0 aliphatic carbocycles. The van der Waals surface area contributed by atoms with Crippen molar-refractivity contribution in [3.8, 4) is 5.75 Å². The first-order valence-corrected chi connectivity index (χ1v) is 27.3. The molecule has 5 rings (SSSR count). The third-order valence-electron chi connectivity index (χ3n) is 13.6. The van der Waals surface area contributed by atoms with Gasteiger partial charge in [0.15, 0.2) is 25.2 Å². The number of hydrogen-bond donors (Lipinski definition) is 13. The molecule has 79 heavy (non-hydrogen) atoms. The van der Waals surface area contributed by atoms with Crippen LogP contribution in [-0.4, -0.2) is 238 Å². The van der Waals surface area contributed by atoms with Crippen LogP contribution in [0.1, 0.15) is 95.8 Å². The summed E-state index contributed by atoms with van der Waals surface area (Å²) < 4.78 is 85.7. The van der Waals surface area contributed by atoms with Gasteiger partial charge in [0.25, 0.3) is 5.91 Å². The molecule has 0 spiro atoms. The fourth-order valence-corrected chi connectivity index (χ4v) is 9.94. The van der Waals surface area contributed by atoms with E-state index in [1.54, 1.807) is 12.1 Å². The zero-order valence-corrected chi connectivity index (χ0v) is 47.5. The van der Waals surface area contributed by atoms with Crippen LogP contribution in [0.4, 0.5) is 0 Å². The Labute approximate surface area is 479 Å². The van der Waals surface area contributed by atoms with Gasteiger partial charge in [-0.2, -0.15) is 0 Å². The average molecular weight is 1170 g/mol. The summed E-state index contributed by atoms with van der Waals surface area (Å²) in [6, 6.07) is -0.636. The molecule has 0 aromatic heterocycles. The maximum Gasteiger partial charge on any atom is 1.00 e. The standard InChI is InChI=1S/C48H78N4O25S.Na/c1-5-6-7-8-9-10-11-12-13-17-69-27-16-14-15-26(18-27)44(64)52-33-37(60)36(59)28(19-53)72-46(33)75-41-29(20-54)73-47(34(39(41)62)50-24(3)57)76-42-30(21-55)74-48(35(40(42)63)51-25(4)58)77-43-31(22-70-78(66,67)68)71-45(65)32(38(43)61)49-23(2)56;/h14-16,18,28-43,45-48,53-55,59-63,65H,5-13,17,19-22H2,1-4H3,(H,49,56)(H,50,57)(H,51,58)(H,52,64)(H,66,67,68);/q;+1/p-1/t28?,29-,30?,31-,32?,33?,34?,35?,36+,37+,38?,39?,40+,41+,42+,43+,45+,46-,47-,48-;/m0./s1. The predicted octanol–water partition coefficient (Wildman–Crippen LogP) is -7.48. The van der Waals surface area contributed by atoms with Crippen molar-refractivity contribution in [1.82, 2.24) is 21.3 Å². The maximum absolute atomic E-state index is 13.8. The molecule has 446 valence electrons. The van der Waals surface area contributed by atoms with Crippen molar-refractivity contribution in [2.45, 2.75) is 208 Å². The summed E-state index contributed by atoms with van der Waals surface area (Å²) >= 11 is 0. The molecule has 4 aliphatic heterocycles. The van der Waals surface area contributed by atoms with Crippen LogP contribution in [0.2, 0.25) is 0 Å². The molecule has 31 heteroatoms. The summed E-state index contributed by atoms with van der Waals surface area (Å²) in [5.41, 5.74) is 0.0706. The van der Waals surface area contributed by atoms with Crippen molar-refractivity contribution in [2.24, 2.45) is 0 Å². The van der Waals surface area contributed by atoms with Crippen molar-refractivity contribution in [3.63, 3.8) is 0 Å². The summed E-state index contributed by atoms with van der Waals surface area (Å²) in [4.78, 5) is 51.1. The van der Waals surface area contributed by atoms with Gasteiger partial charge in [0.1, 0.15) is 103 Å². The van der Waals surface area contributed by atoms with Gasteiger partial charge < -0.3 is 110 Å². The topological polar surface area (TPSA) is 439 Å². The van der Waals surface area contributed by atoms with Gasteiger partial charge in [0.2, 0.25) is 28.1 Å². The first kappa shape index (κ1) is 68.6. The fourth-order valence-electron chi connectivity index (χ4n) is 9.64. The number of amides is 4. The minimum Gasteiger partial charge on any atom is -0.726 e. The van der Waals surface area contributed by atoms with E-state index >= 15 is 0 Å². The summed E-state index contributed by atoms with van der Waals surface area (Å²) in [7, 11) is -5.41. The van der Waals surface area contributed by atoms with Crippen LogP contribution in [0.15, 0.2) is 24.3 Å². The van der Waals surface area contributed by atoms with E-state index < -0.39 is 183 Å². The summed E-state index contributed by atoms with van der Waals surface area (Å²) in [6.45, 7) is 1.58. The number of rotatable bonds is 28. The second-order valence-electron chi connectivity index (χ2n) is 19.6. The number of ether oxygens (including phenoxy) is 8. The van der Waals surface area contributed by atoms with E-state index in [-0.39, 0.29) is 35.1 Å². The van der Waals surface area contributed by atoms with Crippen LogP contribution < -0.4 is 55.6 Å². The summed E-state index contributed by atoms with van der Waals surface area (Å²) in [5, 5.41) is 109. The molecule has 1 aromatic rings. The summed E-state index contributed by atoms with van der Waals surface area (Å²) in [6.07, 6.45) is -19.6. The fraction of sp³-hybridized carbons (Fsp3) is 0.792. The third-order valence-corrected chi connectivity index (χ3v) is 14.0. The van der Waals surface area contributed by atoms with E-state index in [0.717, 1.165) is 46.5 Å². The van der Waals surface area contributed by atoms with Crippen molar-refractivity contribution in [1.29, 1.82) is 0 Å². The summed E-state index contributed by atoms with van der Waals surface area (Å²) in [5.74, 6) is -2.84. The number of aliphatic hydroxyl groups excluding tert-OH is 9. The Morgan fingerprint density at radius 2 is 1.00 bits per heavy atom. The molecular weight excluding hydrogens is 1090 g/mol. The van der Waals surface area contributed by atoms with Crippen molar-refractivity contribution in [2.75, 3.05) is 33.0 Å². The molecule has 4 saturated heterocycles. The van der Waals surface area contributed by atoms with Gasteiger partial charge in [-0.05, 0) is 24.6 Å². The van der Waals surface area contributed by atoms with Gasteiger partial charge in [-0.25, -0.2) is 8.42 Å². The molecule has 4 fully saturated rings. The Morgan fingerprint density at radius 3 is 1.47 bits per heavy atom. The number of aliphatic hydroxyl groups is 9. The number of nitrogens with one attached hydrogen (secondary N) is 4. The number of benzene rings is 1. The van der Waals surface area contributed by atoms with Gasteiger partial charge in [0.05, 0.1) is 33.0 Å². The molecule has 29 nitrogen and oxygen atoms in total. The molecule has 0 saturated carbocycles. The zero-order chi connectivity index (χ0) is 57.4. The molecule has 13 N–H and O–H groups in total. The van der Waals surface area contributed by atoms with Crippen LogP contribution in [0.25, 0.3) is 0 Å². The van der Waals surface area contributed by atoms with Gasteiger partial charge in [0, 0.05) is 26.3 Å². The quantitative estimate of drug-likeness (QED) is 0.0160. The van der Waals surface area contributed by atoms with Gasteiger partial charge in [-0.3, -0.25) is 23.4 Å². The third kappa shape index (κ3) is 19.6. The largest absolute Gasteiger partial charge is 1.00 e. The molecule has 0 radical (unpaired) electrons. The molecule has 0 bridgehead atoms. The minimum atomic E-state index is -5.41. The first-order chi connectivity index (χ1) is 37.0. The minimum absolute atomic E-state index is 0. The van der Waals surface area contributed by atoms with E-state index in [1.807, 2.05) is 0 Å². The van der Waals surface area contributed by atoms with Crippen LogP contribution in [0.5, 0.6) is 5.75 Å². The average Bonchev–Trinajstić information content (AvgIpc) is 3.47. The Morgan fingerprint density at radius 1 is 0.570 bits per heavy atom. The van der Waals surface area contributed by atoms with Gasteiger partial charge >= 0.3 is 29.6 Å². The number of carbonyl (C=O) groups is 4. The Bertz CT molecular complexity index is 2180. The molecular formula is C48H77N4NaO25S. The smallest absolute Gasteiger partial charge is 0.726 e. The molecule has 4 heterocycles. The van der Waals surface area contributed by atoms with Crippen LogP contribution in [0.3, 0.4) is 0 Å². The van der Waals surface area contributed by atoms with Crippen molar-refractivity contribution in [3.05, 3.63) is 29.8 Å². The molecule has 4 amide bonds. The Hall–Kier alpha value is -2.87. The normalized spacial score (nSPS) is 34.9. The predicted molar refractivity (Wildman–Crippen MR) is 262 cm³/mol.